The predicted molar refractivity (Wildman–Crippen MR) is 107 cm³/mol. The Morgan fingerprint density at radius 3 is 1.30 bits per heavy atom. The standard InChI is InChI=1S/C18H34O3.C3H6O3/c1-3-5-7-9-11-13-15-17(19)21-18(20)16-14-12-10-8-6-4-2;1-2-6-3(4)5/h3-16H2,1-2H3;2H2,1H3,(H,4,5). The molecule has 0 spiro atoms. The summed E-state index contributed by atoms with van der Waals surface area (Å²) in [5.41, 5.74) is 0. The van der Waals surface area contributed by atoms with Crippen molar-refractivity contribution in [2.24, 2.45) is 0 Å². The van der Waals surface area contributed by atoms with Gasteiger partial charge in [0.15, 0.2) is 0 Å². The summed E-state index contributed by atoms with van der Waals surface area (Å²) in [7, 11) is 0. The van der Waals surface area contributed by atoms with Crippen LogP contribution in [0.1, 0.15) is 111 Å². The highest BCUT2D eigenvalue weighted by atomic mass is 16.7. The van der Waals surface area contributed by atoms with Crippen LogP contribution in [0.15, 0.2) is 0 Å². The smallest absolute Gasteiger partial charge is 0.450 e. The molecular formula is C21H40O6. The van der Waals surface area contributed by atoms with Crippen molar-refractivity contribution in [1.82, 2.24) is 0 Å². The van der Waals surface area contributed by atoms with E-state index in [1.54, 1.807) is 6.92 Å². The topological polar surface area (TPSA) is 89.9 Å². The molecule has 0 aliphatic carbocycles. The van der Waals surface area contributed by atoms with E-state index in [0.717, 1.165) is 25.7 Å². The van der Waals surface area contributed by atoms with Crippen molar-refractivity contribution in [3.05, 3.63) is 0 Å². The second kappa shape index (κ2) is 22.5. The first-order valence-electron chi connectivity index (χ1n) is 10.6. The number of ether oxygens (including phenoxy) is 2. The second-order valence-electron chi connectivity index (χ2n) is 6.58. The molecule has 1 N–H and O–H groups in total. The van der Waals surface area contributed by atoms with E-state index in [2.05, 4.69) is 18.6 Å². The van der Waals surface area contributed by atoms with Crippen molar-refractivity contribution in [3.8, 4) is 0 Å². The molecule has 0 aromatic rings. The number of hydrogen-bond acceptors (Lipinski definition) is 5. The zero-order valence-electron chi connectivity index (χ0n) is 17.6. The zero-order valence-corrected chi connectivity index (χ0v) is 17.6. The maximum atomic E-state index is 11.5. The summed E-state index contributed by atoms with van der Waals surface area (Å²) >= 11 is 0. The van der Waals surface area contributed by atoms with E-state index < -0.39 is 6.16 Å². The van der Waals surface area contributed by atoms with Crippen LogP contribution in [0.5, 0.6) is 0 Å². The summed E-state index contributed by atoms with van der Waals surface area (Å²) in [6.07, 6.45) is 13.2. The predicted octanol–water partition coefficient (Wildman–Crippen LogP) is 6.26. The highest BCUT2D eigenvalue weighted by Gasteiger charge is 2.09. The Hall–Kier alpha value is -1.59. The Morgan fingerprint density at radius 1 is 0.630 bits per heavy atom. The molecule has 0 aromatic carbocycles. The molecule has 0 amide bonds. The van der Waals surface area contributed by atoms with Crippen LogP contribution in [0.2, 0.25) is 0 Å². The van der Waals surface area contributed by atoms with Gasteiger partial charge in [-0.05, 0) is 19.8 Å². The van der Waals surface area contributed by atoms with E-state index >= 15 is 0 Å². The van der Waals surface area contributed by atoms with Gasteiger partial charge in [0.25, 0.3) is 0 Å². The maximum Gasteiger partial charge on any atom is 0.505 e. The lowest BCUT2D eigenvalue weighted by molar-refractivity contribution is -0.159. The van der Waals surface area contributed by atoms with Gasteiger partial charge in [-0.1, -0.05) is 78.1 Å². The molecule has 0 bridgehead atoms. The molecule has 6 heteroatoms. The average Bonchev–Trinajstić information content (AvgIpc) is 2.61. The van der Waals surface area contributed by atoms with Crippen LogP contribution < -0.4 is 0 Å². The van der Waals surface area contributed by atoms with Crippen LogP contribution in [-0.4, -0.2) is 29.8 Å². The lowest BCUT2D eigenvalue weighted by Gasteiger charge is -2.03. The molecule has 0 aromatic heterocycles. The Bertz CT molecular complexity index is 342. The monoisotopic (exact) mass is 388 g/mol. The molecule has 0 aliphatic rings. The van der Waals surface area contributed by atoms with Crippen LogP contribution in [0.3, 0.4) is 0 Å². The van der Waals surface area contributed by atoms with Crippen LogP contribution >= 0.6 is 0 Å². The molecule has 27 heavy (non-hydrogen) atoms. The first-order valence-corrected chi connectivity index (χ1v) is 10.6. The lowest BCUT2D eigenvalue weighted by atomic mass is 10.1. The van der Waals surface area contributed by atoms with E-state index in [0.29, 0.717) is 12.8 Å². The molecule has 0 saturated heterocycles. The van der Waals surface area contributed by atoms with Gasteiger partial charge in [0.2, 0.25) is 0 Å². The third kappa shape index (κ3) is 26.7. The van der Waals surface area contributed by atoms with Gasteiger partial charge in [0, 0.05) is 12.8 Å². The Morgan fingerprint density at radius 2 is 1.00 bits per heavy atom. The fourth-order valence-electron chi connectivity index (χ4n) is 2.45. The largest absolute Gasteiger partial charge is 0.505 e. The molecule has 0 heterocycles. The van der Waals surface area contributed by atoms with Gasteiger partial charge in [-0.3, -0.25) is 9.59 Å². The number of carboxylic acid groups (broad SMARTS) is 1. The molecule has 0 fully saturated rings. The fourth-order valence-corrected chi connectivity index (χ4v) is 2.45. The molecule has 0 atom stereocenters. The zero-order chi connectivity index (χ0) is 20.8. The van der Waals surface area contributed by atoms with Gasteiger partial charge in [-0.2, -0.15) is 0 Å². The van der Waals surface area contributed by atoms with E-state index in [4.69, 9.17) is 9.84 Å². The lowest BCUT2D eigenvalue weighted by Crippen LogP contribution is -2.11. The molecule has 160 valence electrons. The van der Waals surface area contributed by atoms with Crippen molar-refractivity contribution >= 4 is 18.1 Å². The number of unbranched alkanes of at least 4 members (excludes halogenated alkanes) is 10. The first kappa shape index (κ1) is 27.6. The van der Waals surface area contributed by atoms with Gasteiger partial charge in [-0.25, -0.2) is 4.79 Å². The van der Waals surface area contributed by atoms with E-state index in [-0.39, 0.29) is 18.5 Å². The summed E-state index contributed by atoms with van der Waals surface area (Å²) in [5, 5.41) is 7.69. The number of carbonyl (C=O) groups excluding carboxylic acids is 2. The minimum absolute atomic E-state index is 0.231. The number of esters is 2. The van der Waals surface area contributed by atoms with Gasteiger partial charge in [-0.15, -0.1) is 0 Å². The highest BCUT2D eigenvalue weighted by Crippen LogP contribution is 2.09. The average molecular weight is 389 g/mol. The summed E-state index contributed by atoms with van der Waals surface area (Å²) < 4.78 is 8.79. The third-order valence-corrected chi connectivity index (χ3v) is 3.96. The van der Waals surface area contributed by atoms with E-state index in [1.165, 1.54) is 51.4 Å². The van der Waals surface area contributed by atoms with Crippen molar-refractivity contribution in [3.63, 3.8) is 0 Å². The minimum Gasteiger partial charge on any atom is -0.450 e. The van der Waals surface area contributed by atoms with Crippen molar-refractivity contribution in [1.29, 1.82) is 0 Å². The van der Waals surface area contributed by atoms with Crippen molar-refractivity contribution in [2.45, 2.75) is 111 Å². The minimum atomic E-state index is -1.21. The Balaban J connectivity index is 0. The van der Waals surface area contributed by atoms with E-state index in [9.17, 15) is 14.4 Å². The molecule has 0 radical (unpaired) electrons. The van der Waals surface area contributed by atoms with Gasteiger partial charge >= 0.3 is 18.1 Å². The normalized spacial score (nSPS) is 9.89. The van der Waals surface area contributed by atoms with Crippen molar-refractivity contribution in [2.75, 3.05) is 6.61 Å². The molecule has 0 rings (SSSR count). The summed E-state index contributed by atoms with van der Waals surface area (Å²) in [6, 6.07) is 0. The number of rotatable bonds is 15. The highest BCUT2D eigenvalue weighted by molar-refractivity contribution is 5.85. The van der Waals surface area contributed by atoms with Gasteiger partial charge in [0.1, 0.15) is 0 Å². The first-order chi connectivity index (χ1) is 13.0. The van der Waals surface area contributed by atoms with Gasteiger partial charge < -0.3 is 14.6 Å². The number of carbonyl (C=O) groups is 3. The van der Waals surface area contributed by atoms with Crippen LogP contribution in [0.25, 0.3) is 0 Å². The summed E-state index contributed by atoms with van der Waals surface area (Å²) in [4.78, 5) is 32.3. The SMILES string of the molecule is CCCCCCCCC(=O)OC(=O)CCCCCCCC.CCOC(=O)O. The molecule has 0 unspecified atom stereocenters. The van der Waals surface area contributed by atoms with E-state index in [1.807, 2.05) is 0 Å². The molecule has 0 saturated carbocycles. The summed E-state index contributed by atoms with van der Waals surface area (Å²) in [6.45, 7) is 6.23. The van der Waals surface area contributed by atoms with Crippen LogP contribution in [0, 0.1) is 0 Å². The third-order valence-electron chi connectivity index (χ3n) is 3.96. The Labute approximate surface area is 165 Å². The fraction of sp³-hybridized carbons (Fsp3) is 0.857. The van der Waals surface area contributed by atoms with Gasteiger partial charge in [0.05, 0.1) is 6.61 Å². The Kier molecular flexibility index (Phi) is 23.0. The summed E-state index contributed by atoms with van der Waals surface area (Å²) in [5.74, 6) is -0.692. The van der Waals surface area contributed by atoms with Crippen LogP contribution in [0.4, 0.5) is 4.79 Å². The number of hydrogen-bond donors (Lipinski definition) is 1. The molecule has 0 aliphatic heterocycles. The van der Waals surface area contributed by atoms with Crippen molar-refractivity contribution < 1.29 is 29.0 Å². The molecular weight excluding hydrogens is 348 g/mol. The van der Waals surface area contributed by atoms with Crippen LogP contribution in [-0.2, 0) is 19.1 Å². The molecule has 6 nitrogen and oxygen atoms in total. The maximum absolute atomic E-state index is 11.5. The second-order valence-corrected chi connectivity index (χ2v) is 6.58. The quantitative estimate of drug-likeness (QED) is 0.202.